The van der Waals surface area contributed by atoms with Crippen LogP contribution in [0.1, 0.15) is 45.6 Å². The van der Waals surface area contributed by atoms with Crippen molar-refractivity contribution in [2.45, 2.75) is 46.1 Å². The van der Waals surface area contributed by atoms with E-state index >= 15 is 0 Å². The Morgan fingerprint density at radius 2 is 1.76 bits per heavy atom. The minimum atomic E-state index is -0.719. The third-order valence-electron chi connectivity index (χ3n) is 5.34. The number of hydrogen-bond donors (Lipinski definition) is 3. The molecule has 2 atom stereocenters. The molecule has 7 nitrogen and oxygen atoms in total. The van der Waals surface area contributed by atoms with E-state index in [0.717, 1.165) is 16.5 Å². The quantitative estimate of drug-likeness (QED) is 0.320. The molecule has 0 aliphatic carbocycles. The summed E-state index contributed by atoms with van der Waals surface area (Å²) in [6.07, 6.45) is 0.723. The lowest BCUT2D eigenvalue weighted by Crippen LogP contribution is -2.49. The van der Waals surface area contributed by atoms with Crippen LogP contribution >= 0.6 is 27.3 Å². The smallest absolute Gasteiger partial charge is 0.319 e. The van der Waals surface area contributed by atoms with Crippen LogP contribution in [0.25, 0.3) is 10.6 Å². The van der Waals surface area contributed by atoms with Crippen molar-refractivity contribution in [1.82, 2.24) is 15.5 Å². The molecule has 0 bridgehead atoms. The second-order valence-corrected chi connectivity index (χ2v) is 10.0. The summed E-state index contributed by atoms with van der Waals surface area (Å²) in [7, 11) is 0. The number of hydrogen-bond acceptors (Lipinski definition) is 5. The molecule has 1 aromatic heterocycles. The maximum Gasteiger partial charge on any atom is 0.319 e. The Morgan fingerprint density at radius 3 is 2.39 bits per heavy atom. The van der Waals surface area contributed by atoms with Crippen molar-refractivity contribution in [2.24, 2.45) is 5.92 Å². The maximum atomic E-state index is 13.0. The Hall–Kier alpha value is -2.78. The number of halogens is 1. The van der Waals surface area contributed by atoms with Crippen LogP contribution in [-0.4, -0.2) is 28.2 Å². The van der Waals surface area contributed by atoms with Gasteiger partial charge in [0, 0.05) is 15.7 Å². The third kappa shape index (κ3) is 6.85. The van der Waals surface area contributed by atoms with Crippen molar-refractivity contribution in [2.75, 3.05) is 10.6 Å². The molecule has 9 heteroatoms. The molecule has 0 aliphatic heterocycles. The van der Waals surface area contributed by atoms with E-state index in [1.54, 1.807) is 0 Å². The van der Waals surface area contributed by atoms with Gasteiger partial charge in [0.15, 0.2) is 0 Å². The number of urea groups is 1. The second kappa shape index (κ2) is 11.4. The molecule has 0 aliphatic rings. The first kappa shape index (κ1) is 24.9. The number of anilines is 2. The van der Waals surface area contributed by atoms with Gasteiger partial charge in [-0.05, 0) is 41.7 Å². The van der Waals surface area contributed by atoms with Gasteiger partial charge < -0.3 is 10.6 Å². The lowest BCUT2D eigenvalue weighted by Gasteiger charge is -2.23. The van der Waals surface area contributed by atoms with Crippen LogP contribution in [0.5, 0.6) is 0 Å². The van der Waals surface area contributed by atoms with Crippen molar-refractivity contribution in [3.8, 4) is 10.6 Å². The molecule has 0 radical (unpaired) electrons. The topological polar surface area (TPSA) is 96.0 Å². The van der Waals surface area contributed by atoms with Gasteiger partial charge in [0.1, 0.15) is 11.0 Å². The fraction of sp³-hybridized carbons (Fsp3) is 0.333. The number of nitrogens with one attached hydrogen (secondary N) is 3. The summed E-state index contributed by atoms with van der Waals surface area (Å²) in [5.74, 6) is 0.0128. The summed E-state index contributed by atoms with van der Waals surface area (Å²) in [5, 5.41) is 17.8. The van der Waals surface area contributed by atoms with Gasteiger partial charge in [0.05, 0.1) is 0 Å². The van der Waals surface area contributed by atoms with Crippen LogP contribution in [-0.2, 0) is 4.79 Å². The minimum Gasteiger partial charge on any atom is -0.326 e. The predicted octanol–water partition coefficient (Wildman–Crippen LogP) is 6.27. The molecule has 0 unspecified atom stereocenters. The summed E-state index contributed by atoms with van der Waals surface area (Å²) in [4.78, 5) is 25.6. The highest BCUT2D eigenvalue weighted by atomic mass is 79.9. The molecule has 33 heavy (non-hydrogen) atoms. The van der Waals surface area contributed by atoms with Crippen molar-refractivity contribution >= 4 is 50.0 Å². The number of nitrogens with zero attached hydrogens (tertiary/aromatic N) is 2. The van der Waals surface area contributed by atoms with E-state index in [9.17, 15) is 9.59 Å². The third-order valence-corrected chi connectivity index (χ3v) is 6.72. The zero-order valence-corrected chi connectivity index (χ0v) is 21.5. The highest BCUT2D eigenvalue weighted by Gasteiger charge is 2.27. The number of carbonyl (C=O) groups excluding carboxylic acids is 2. The molecular formula is C24H28BrN5O2S. The van der Waals surface area contributed by atoms with E-state index in [4.69, 9.17) is 0 Å². The lowest BCUT2D eigenvalue weighted by molar-refractivity contribution is -0.119. The molecule has 3 N–H and O–H groups in total. The van der Waals surface area contributed by atoms with Crippen LogP contribution in [0.3, 0.4) is 0 Å². The Morgan fingerprint density at radius 1 is 1.03 bits per heavy atom. The van der Waals surface area contributed by atoms with E-state index < -0.39 is 12.1 Å². The van der Waals surface area contributed by atoms with Crippen LogP contribution < -0.4 is 16.0 Å². The zero-order valence-electron chi connectivity index (χ0n) is 19.1. The molecule has 2 aromatic carbocycles. The Balaban J connectivity index is 1.65. The van der Waals surface area contributed by atoms with Crippen LogP contribution in [0, 0.1) is 5.92 Å². The highest BCUT2D eigenvalue weighted by molar-refractivity contribution is 9.10. The second-order valence-electron chi connectivity index (χ2n) is 8.15. The summed E-state index contributed by atoms with van der Waals surface area (Å²) >= 11 is 4.73. The van der Waals surface area contributed by atoms with Gasteiger partial charge in [-0.2, -0.15) is 0 Å². The molecule has 174 valence electrons. The first-order valence-electron chi connectivity index (χ1n) is 10.8. The van der Waals surface area contributed by atoms with Crippen LogP contribution in [0.2, 0.25) is 0 Å². The Kier molecular flexibility index (Phi) is 8.57. The van der Waals surface area contributed by atoms with Crippen molar-refractivity contribution in [3.63, 3.8) is 0 Å². The van der Waals surface area contributed by atoms with Gasteiger partial charge in [-0.15, -0.1) is 10.2 Å². The number of carbonyl (C=O) groups is 2. The average molecular weight is 530 g/mol. The molecule has 3 rings (SSSR count). The van der Waals surface area contributed by atoms with Gasteiger partial charge in [0.25, 0.3) is 0 Å². The van der Waals surface area contributed by atoms with Crippen LogP contribution in [0.4, 0.5) is 15.6 Å². The SMILES string of the molecule is CC[C@H](C)[C@@H](NC(=O)Nc1ccc(C(C)C)cc1)C(=O)Nc1nnc(-c2cccc(Br)c2)s1. The van der Waals surface area contributed by atoms with E-state index in [-0.39, 0.29) is 11.8 Å². The van der Waals surface area contributed by atoms with Crippen molar-refractivity contribution < 1.29 is 9.59 Å². The van der Waals surface area contributed by atoms with Crippen LogP contribution in [0.15, 0.2) is 53.0 Å². The molecule has 3 amide bonds. The number of aromatic nitrogens is 2. The van der Waals surface area contributed by atoms with E-state index in [1.165, 1.54) is 16.9 Å². The lowest BCUT2D eigenvalue weighted by atomic mass is 9.98. The first-order chi connectivity index (χ1) is 15.8. The highest BCUT2D eigenvalue weighted by Crippen LogP contribution is 2.28. The van der Waals surface area contributed by atoms with Crippen molar-refractivity contribution in [1.29, 1.82) is 0 Å². The van der Waals surface area contributed by atoms with E-state index in [0.29, 0.717) is 21.7 Å². The minimum absolute atomic E-state index is 0.0727. The van der Waals surface area contributed by atoms with Gasteiger partial charge in [-0.25, -0.2) is 4.79 Å². The van der Waals surface area contributed by atoms with Gasteiger partial charge >= 0.3 is 6.03 Å². The van der Waals surface area contributed by atoms with Crippen molar-refractivity contribution in [3.05, 3.63) is 58.6 Å². The fourth-order valence-electron chi connectivity index (χ4n) is 3.16. The summed E-state index contributed by atoms with van der Waals surface area (Å²) in [5.41, 5.74) is 2.77. The molecule has 0 fully saturated rings. The maximum absolute atomic E-state index is 13.0. The number of rotatable bonds is 8. The zero-order chi connectivity index (χ0) is 24.0. The largest absolute Gasteiger partial charge is 0.326 e. The summed E-state index contributed by atoms with van der Waals surface area (Å²) in [6.45, 7) is 8.13. The monoisotopic (exact) mass is 529 g/mol. The Labute approximate surface area is 206 Å². The molecule has 3 aromatic rings. The van der Waals surface area contributed by atoms with E-state index in [2.05, 4.69) is 55.9 Å². The summed E-state index contributed by atoms with van der Waals surface area (Å²) < 4.78 is 0.937. The number of benzene rings is 2. The summed E-state index contributed by atoms with van der Waals surface area (Å²) in [6, 6.07) is 14.2. The standard InChI is InChI=1S/C24H28BrN5O2S/c1-5-15(4)20(27-23(32)26-19-11-9-16(10-12-19)14(2)3)21(31)28-24-30-29-22(33-24)17-7-6-8-18(25)13-17/h6-15,20H,5H2,1-4H3,(H2,26,27,32)(H,28,30,31)/t15-,20+/m0/s1. The fourth-order valence-corrected chi connectivity index (χ4v) is 4.30. The normalized spacial score (nSPS) is 12.8. The Bertz CT molecular complexity index is 1100. The molecule has 0 saturated carbocycles. The first-order valence-corrected chi connectivity index (χ1v) is 12.5. The van der Waals surface area contributed by atoms with Gasteiger partial charge in [-0.3, -0.25) is 10.1 Å². The van der Waals surface area contributed by atoms with Gasteiger partial charge in [-0.1, -0.05) is 85.6 Å². The molecule has 0 saturated heterocycles. The molecular weight excluding hydrogens is 502 g/mol. The molecule has 1 heterocycles. The molecule has 0 spiro atoms. The number of amides is 3. The van der Waals surface area contributed by atoms with Gasteiger partial charge in [0.2, 0.25) is 11.0 Å². The average Bonchev–Trinajstić information content (AvgIpc) is 3.25. The predicted molar refractivity (Wildman–Crippen MR) is 138 cm³/mol. The van der Waals surface area contributed by atoms with E-state index in [1.807, 2.05) is 62.4 Å².